The molecule has 1 aliphatic heterocycles. The smallest absolute Gasteiger partial charge is 0.204 e. The molecule has 0 aromatic carbocycles. The van der Waals surface area contributed by atoms with Gasteiger partial charge in [0.1, 0.15) is 5.76 Å². The zero-order chi connectivity index (χ0) is 13.2. The quantitative estimate of drug-likeness (QED) is 0.890. The number of thioether (sulfide) groups is 1. The second-order valence-electron chi connectivity index (χ2n) is 6.01. The van der Waals surface area contributed by atoms with Crippen molar-refractivity contribution in [1.29, 1.82) is 0 Å². The minimum Gasteiger partial charge on any atom is -0.444 e. The van der Waals surface area contributed by atoms with Crippen molar-refractivity contribution in [3.05, 3.63) is 17.8 Å². The van der Waals surface area contributed by atoms with E-state index in [1.165, 1.54) is 0 Å². The molecular formula is C13H21NO3S. The number of aliphatic hydroxyl groups excluding tert-OH is 1. The molecule has 0 unspecified atom stereocenters. The van der Waals surface area contributed by atoms with Crippen molar-refractivity contribution >= 4 is 11.8 Å². The van der Waals surface area contributed by atoms with E-state index in [1.54, 1.807) is 11.8 Å². The average molecular weight is 271 g/mol. The molecule has 0 aliphatic carbocycles. The van der Waals surface area contributed by atoms with Crippen molar-refractivity contribution in [3.8, 4) is 0 Å². The molecule has 1 N–H and O–H groups in total. The lowest BCUT2D eigenvalue weighted by Gasteiger charge is -2.39. The second kappa shape index (κ2) is 5.23. The SMILES string of the molecule is CC(C)(C)c1cnc(CSCC2(CO)COC2)o1. The molecule has 0 bridgehead atoms. The summed E-state index contributed by atoms with van der Waals surface area (Å²) in [6.07, 6.45) is 1.81. The standard InChI is InChI=1S/C13H21NO3S/c1-12(2,3)10-4-14-11(17-10)5-18-9-13(6-15)7-16-8-13/h4,15H,5-9H2,1-3H3. The van der Waals surface area contributed by atoms with Gasteiger partial charge < -0.3 is 14.3 Å². The Balaban J connectivity index is 1.82. The van der Waals surface area contributed by atoms with E-state index < -0.39 is 0 Å². The second-order valence-corrected chi connectivity index (χ2v) is 7.00. The first kappa shape index (κ1) is 13.9. The van der Waals surface area contributed by atoms with E-state index in [4.69, 9.17) is 9.15 Å². The molecule has 2 rings (SSSR count). The molecule has 0 saturated carbocycles. The number of ether oxygens (including phenoxy) is 1. The summed E-state index contributed by atoms with van der Waals surface area (Å²) in [5.41, 5.74) is -0.0336. The molecule has 0 radical (unpaired) electrons. The van der Waals surface area contributed by atoms with Crippen molar-refractivity contribution in [2.24, 2.45) is 5.41 Å². The van der Waals surface area contributed by atoms with Gasteiger partial charge in [0.2, 0.25) is 5.89 Å². The molecule has 0 atom stereocenters. The summed E-state index contributed by atoms with van der Waals surface area (Å²) in [6, 6.07) is 0. The highest BCUT2D eigenvalue weighted by Gasteiger charge is 2.37. The van der Waals surface area contributed by atoms with Gasteiger partial charge in [-0.2, -0.15) is 11.8 Å². The lowest BCUT2D eigenvalue weighted by Crippen LogP contribution is -2.47. The topological polar surface area (TPSA) is 55.5 Å². The van der Waals surface area contributed by atoms with E-state index in [-0.39, 0.29) is 17.4 Å². The predicted molar refractivity (Wildman–Crippen MR) is 71.7 cm³/mol. The van der Waals surface area contributed by atoms with Crippen LogP contribution < -0.4 is 0 Å². The van der Waals surface area contributed by atoms with Gasteiger partial charge in [0.05, 0.1) is 31.8 Å². The number of hydrogen-bond donors (Lipinski definition) is 1. The first-order chi connectivity index (χ1) is 8.45. The van der Waals surface area contributed by atoms with Gasteiger partial charge >= 0.3 is 0 Å². The van der Waals surface area contributed by atoms with Crippen molar-refractivity contribution < 1.29 is 14.3 Å². The van der Waals surface area contributed by atoms with Gasteiger partial charge in [0, 0.05) is 16.6 Å². The lowest BCUT2D eigenvalue weighted by molar-refractivity contribution is -0.121. The van der Waals surface area contributed by atoms with E-state index in [1.807, 2.05) is 6.20 Å². The van der Waals surface area contributed by atoms with Crippen molar-refractivity contribution in [2.45, 2.75) is 31.9 Å². The van der Waals surface area contributed by atoms with Crippen LogP contribution in [0.2, 0.25) is 0 Å². The van der Waals surface area contributed by atoms with Crippen molar-refractivity contribution in [3.63, 3.8) is 0 Å². The van der Waals surface area contributed by atoms with Gasteiger partial charge in [-0.15, -0.1) is 0 Å². The molecule has 0 spiro atoms. The Bertz CT molecular complexity index is 388. The fraction of sp³-hybridized carbons (Fsp3) is 0.769. The molecule has 5 heteroatoms. The van der Waals surface area contributed by atoms with Crippen LogP contribution in [-0.4, -0.2) is 35.7 Å². The first-order valence-corrected chi connectivity index (χ1v) is 7.32. The maximum absolute atomic E-state index is 9.31. The molecule has 0 amide bonds. The highest BCUT2D eigenvalue weighted by Crippen LogP contribution is 2.32. The minimum atomic E-state index is -0.0376. The number of aliphatic hydroxyl groups is 1. The molecule has 1 aliphatic rings. The molecule has 1 aromatic rings. The fourth-order valence-electron chi connectivity index (χ4n) is 1.69. The average Bonchev–Trinajstić information content (AvgIpc) is 2.70. The van der Waals surface area contributed by atoms with Crippen molar-refractivity contribution in [2.75, 3.05) is 25.6 Å². The normalized spacial score (nSPS) is 18.7. The number of rotatable bonds is 5. The van der Waals surface area contributed by atoms with E-state index in [9.17, 15) is 5.11 Å². The molecular weight excluding hydrogens is 250 g/mol. The first-order valence-electron chi connectivity index (χ1n) is 6.17. The Morgan fingerprint density at radius 3 is 2.61 bits per heavy atom. The van der Waals surface area contributed by atoms with Gasteiger partial charge in [-0.05, 0) is 0 Å². The largest absolute Gasteiger partial charge is 0.444 e. The van der Waals surface area contributed by atoms with Gasteiger partial charge in [-0.1, -0.05) is 20.8 Å². The lowest BCUT2D eigenvalue weighted by atomic mass is 9.90. The molecule has 1 saturated heterocycles. The minimum absolute atomic E-state index is 0.00402. The number of hydrogen-bond acceptors (Lipinski definition) is 5. The molecule has 18 heavy (non-hydrogen) atoms. The third kappa shape index (κ3) is 3.08. The van der Waals surface area contributed by atoms with Crippen LogP contribution in [0.1, 0.15) is 32.4 Å². The summed E-state index contributed by atoms with van der Waals surface area (Å²) in [7, 11) is 0. The monoisotopic (exact) mass is 271 g/mol. The molecule has 4 nitrogen and oxygen atoms in total. The van der Waals surface area contributed by atoms with Gasteiger partial charge in [-0.25, -0.2) is 4.98 Å². The third-order valence-corrected chi connectivity index (χ3v) is 4.35. The van der Waals surface area contributed by atoms with Crippen LogP contribution in [0.3, 0.4) is 0 Å². The number of aromatic nitrogens is 1. The van der Waals surface area contributed by atoms with Crippen molar-refractivity contribution in [1.82, 2.24) is 4.98 Å². The van der Waals surface area contributed by atoms with Crippen LogP contribution in [0.15, 0.2) is 10.6 Å². The molecule has 102 valence electrons. The van der Waals surface area contributed by atoms with Crippen LogP contribution in [0.4, 0.5) is 0 Å². The van der Waals surface area contributed by atoms with Gasteiger partial charge in [0.15, 0.2) is 0 Å². The predicted octanol–water partition coefficient (Wildman–Crippen LogP) is 2.21. The Morgan fingerprint density at radius 2 is 2.17 bits per heavy atom. The highest BCUT2D eigenvalue weighted by atomic mass is 32.2. The number of nitrogens with zero attached hydrogens (tertiary/aromatic N) is 1. The summed E-state index contributed by atoms with van der Waals surface area (Å²) in [6.45, 7) is 7.84. The fourth-order valence-corrected chi connectivity index (χ4v) is 2.79. The van der Waals surface area contributed by atoms with E-state index in [2.05, 4.69) is 25.8 Å². The third-order valence-electron chi connectivity index (χ3n) is 3.08. The van der Waals surface area contributed by atoms with Crippen LogP contribution >= 0.6 is 11.8 Å². The van der Waals surface area contributed by atoms with Crippen LogP contribution in [0.5, 0.6) is 0 Å². The summed E-state index contributed by atoms with van der Waals surface area (Å²) < 4.78 is 10.9. The van der Waals surface area contributed by atoms with E-state index in [0.717, 1.165) is 23.2 Å². The maximum Gasteiger partial charge on any atom is 0.204 e. The number of oxazole rings is 1. The van der Waals surface area contributed by atoms with Gasteiger partial charge in [0.25, 0.3) is 0 Å². The Morgan fingerprint density at radius 1 is 1.44 bits per heavy atom. The summed E-state index contributed by atoms with van der Waals surface area (Å²) in [5, 5.41) is 9.31. The highest BCUT2D eigenvalue weighted by molar-refractivity contribution is 7.98. The Hall–Kier alpha value is -0.520. The summed E-state index contributed by atoms with van der Waals surface area (Å²) in [5.74, 6) is 3.31. The Labute approximate surface area is 112 Å². The maximum atomic E-state index is 9.31. The molecule has 1 fully saturated rings. The van der Waals surface area contributed by atoms with Crippen LogP contribution in [-0.2, 0) is 15.9 Å². The Kier molecular flexibility index (Phi) is 4.04. The summed E-state index contributed by atoms with van der Waals surface area (Å²) >= 11 is 1.74. The van der Waals surface area contributed by atoms with Crippen LogP contribution in [0, 0.1) is 5.41 Å². The molecule has 1 aromatic heterocycles. The van der Waals surface area contributed by atoms with Gasteiger partial charge in [-0.3, -0.25) is 0 Å². The summed E-state index contributed by atoms with van der Waals surface area (Å²) in [4.78, 5) is 4.29. The van der Waals surface area contributed by atoms with E-state index in [0.29, 0.717) is 13.2 Å². The van der Waals surface area contributed by atoms with E-state index >= 15 is 0 Å². The molecule has 2 heterocycles. The van der Waals surface area contributed by atoms with Crippen LogP contribution in [0.25, 0.3) is 0 Å². The zero-order valence-electron chi connectivity index (χ0n) is 11.2. The zero-order valence-corrected chi connectivity index (χ0v) is 12.0.